The van der Waals surface area contributed by atoms with Crippen LogP contribution in [0.3, 0.4) is 0 Å². The largest absolute Gasteiger partial charge is 0.373 e. The Morgan fingerprint density at radius 2 is 2.06 bits per heavy atom. The highest BCUT2D eigenvalue weighted by molar-refractivity contribution is 5.80. The zero-order valence-electron chi connectivity index (χ0n) is 9.86. The van der Waals surface area contributed by atoms with E-state index in [1.54, 1.807) is 4.90 Å². The summed E-state index contributed by atoms with van der Waals surface area (Å²) >= 11 is 0. The third-order valence-corrected chi connectivity index (χ3v) is 4.17. The molecule has 0 bridgehead atoms. The Morgan fingerprint density at radius 1 is 1.35 bits per heavy atom. The van der Waals surface area contributed by atoms with Crippen molar-refractivity contribution in [3.63, 3.8) is 0 Å². The summed E-state index contributed by atoms with van der Waals surface area (Å²) in [5.41, 5.74) is 0. The zero-order chi connectivity index (χ0) is 12.2. The van der Waals surface area contributed by atoms with Crippen LogP contribution in [0.1, 0.15) is 26.2 Å². The molecule has 96 valence electrons. The number of fused-ring (bicyclic) bond motifs is 1. The maximum Gasteiger partial charge on any atom is 0.249 e. The number of halogens is 2. The minimum absolute atomic E-state index is 0.0958. The summed E-state index contributed by atoms with van der Waals surface area (Å²) in [6, 6.07) is 0. The molecule has 3 aliphatic rings. The van der Waals surface area contributed by atoms with Crippen LogP contribution in [-0.2, 0) is 9.53 Å². The van der Waals surface area contributed by atoms with E-state index in [1.807, 2.05) is 6.92 Å². The number of nitrogens with zero attached hydrogens (tertiary/aromatic N) is 1. The summed E-state index contributed by atoms with van der Waals surface area (Å²) in [4.78, 5) is 13.7. The van der Waals surface area contributed by atoms with Crippen LogP contribution in [0.5, 0.6) is 0 Å². The number of amides is 1. The quantitative estimate of drug-likeness (QED) is 0.703. The molecule has 2 aliphatic heterocycles. The van der Waals surface area contributed by atoms with Gasteiger partial charge in [0.05, 0.1) is 12.2 Å². The standard InChI is InChI=1S/C12H17F2NO2/c1-7-2-8-5-15(6-10(8)17-7)11(16)9-3-12(13,14)4-9/h7-10H,2-6H2,1H3/t7-,8+,10-/m0/s1. The molecule has 0 aromatic rings. The predicted octanol–water partition coefficient (Wildman–Crippen LogP) is 1.67. The van der Waals surface area contributed by atoms with Crippen LogP contribution in [0.25, 0.3) is 0 Å². The second-order valence-electron chi connectivity index (χ2n) is 5.69. The molecule has 3 rings (SSSR count). The van der Waals surface area contributed by atoms with Crippen LogP contribution < -0.4 is 0 Å². The van der Waals surface area contributed by atoms with Crippen molar-refractivity contribution < 1.29 is 18.3 Å². The second-order valence-corrected chi connectivity index (χ2v) is 5.69. The molecule has 1 aliphatic carbocycles. The maximum absolute atomic E-state index is 12.7. The van der Waals surface area contributed by atoms with Gasteiger partial charge in [-0.3, -0.25) is 4.79 Å². The number of alkyl halides is 2. The lowest BCUT2D eigenvalue weighted by Gasteiger charge is -2.36. The first kappa shape index (κ1) is 11.4. The van der Waals surface area contributed by atoms with E-state index in [-0.39, 0.29) is 31.0 Å². The number of ether oxygens (including phenoxy) is 1. The van der Waals surface area contributed by atoms with Crippen LogP contribution in [0.4, 0.5) is 8.78 Å². The number of carbonyl (C=O) groups is 1. The van der Waals surface area contributed by atoms with E-state index < -0.39 is 11.8 Å². The van der Waals surface area contributed by atoms with Gasteiger partial charge in [0.25, 0.3) is 0 Å². The third kappa shape index (κ3) is 1.94. The van der Waals surface area contributed by atoms with Gasteiger partial charge in [0.2, 0.25) is 11.8 Å². The lowest BCUT2D eigenvalue weighted by molar-refractivity contribution is -0.159. The Labute approximate surface area is 99.1 Å². The van der Waals surface area contributed by atoms with Crippen molar-refractivity contribution in [2.45, 2.75) is 44.3 Å². The summed E-state index contributed by atoms with van der Waals surface area (Å²) < 4.78 is 31.1. The van der Waals surface area contributed by atoms with Crippen molar-refractivity contribution in [3.8, 4) is 0 Å². The van der Waals surface area contributed by atoms with Gasteiger partial charge in [-0.05, 0) is 13.3 Å². The van der Waals surface area contributed by atoms with Crippen molar-refractivity contribution in [1.82, 2.24) is 4.90 Å². The normalized spacial score (nSPS) is 40.2. The number of carbonyl (C=O) groups excluding carboxylic acids is 1. The molecule has 0 N–H and O–H groups in total. The van der Waals surface area contributed by atoms with Gasteiger partial charge < -0.3 is 9.64 Å². The molecule has 3 atom stereocenters. The maximum atomic E-state index is 12.7. The second kappa shape index (κ2) is 3.64. The van der Waals surface area contributed by atoms with E-state index in [1.165, 1.54) is 0 Å². The topological polar surface area (TPSA) is 29.5 Å². The molecule has 17 heavy (non-hydrogen) atoms. The minimum Gasteiger partial charge on any atom is -0.373 e. The lowest BCUT2D eigenvalue weighted by atomic mass is 9.80. The van der Waals surface area contributed by atoms with E-state index >= 15 is 0 Å². The lowest BCUT2D eigenvalue weighted by Crippen LogP contribution is -2.46. The minimum atomic E-state index is -2.61. The van der Waals surface area contributed by atoms with Crippen molar-refractivity contribution in [2.24, 2.45) is 11.8 Å². The SMILES string of the molecule is C[C@H]1C[C@@H]2CN(C(=O)C3CC(F)(F)C3)C[C@@H]2O1. The van der Waals surface area contributed by atoms with Crippen LogP contribution in [-0.4, -0.2) is 42.0 Å². The van der Waals surface area contributed by atoms with Gasteiger partial charge in [0.15, 0.2) is 0 Å². The van der Waals surface area contributed by atoms with Crippen LogP contribution >= 0.6 is 0 Å². The molecule has 1 saturated carbocycles. The fraction of sp³-hybridized carbons (Fsp3) is 0.917. The smallest absolute Gasteiger partial charge is 0.249 e. The number of likely N-dealkylation sites (tertiary alicyclic amines) is 1. The van der Waals surface area contributed by atoms with Crippen molar-refractivity contribution in [1.29, 1.82) is 0 Å². The Balaban J connectivity index is 1.56. The third-order valence-electron chi connectivity index (χ3n) is 4.17. The van der Waals surface area contributed by atoms with Gasteiger partial charge >= 0.3 is 0 Å². The van der Waals surface area contributed by atoms with Crippen LogP contribution in [0.15, 0.2) is 0 Å². The van der Waals surface area contributed by atoms with Crippen LogP contribution in [0, 0.1) is 11.8 Å². The van der Waals surface area contributed by atoms with Crippen LogP contribution in [0.2, 0.25) is 0 Å². The molecule has 1 amide bonds. The average molecular weight is 245 g/mol. The fourth-order valence-corrected chi connectivity index (χ4v) is 3.28. The molecule has 2 saturated heterocycles. The highest BCUT2D eigenvalue weighted by atomic mass is 19.3. The molecule has 5 heteroatoms. The molecular formula is C12H17F2NO2. The summed E-state index contributed by atoms with van der Waals surface area (Å²) in [6.07, 6.45) is 0.851. The van der Waals surface area contributed by atoms with Gasteiger partial charge in [-0.1, -0.05) is 0 Å². The first-order valence-corrected chi connectivity index (χ1v) is 6.27. The summed E-state index contributed by atoms with van der Waals surface area (Å²) in [7, 11) is 0. The molecular weight excluding hydrogens is 228 g/mol. The van der Waals surface area contributed by atoms with Gasteiger partial charge in [0.1, 0.15) is 0 Å². The molecule has 3 fully saturated rings. The van der Waals surface area contributed by atoms with E-state index in [9.17, 15) is 13.6 Å². The molecule has 0 aromatic carbocycles. The number of rotatable bonds is 1. The van der Waals surface area contributed by atoms with Gasteiger partial charge in [0, 0.05) is 37.8 Å². The summed E-state index contributed by atoms with van der Waals surface area (Å²) in [5, 5.41) is 0. The molecule has 0 radical (unpaired) electrons. The first-order valence-electron chi connectivity index (χ1n) is 6.27. The highest BCUT2D eigenvalue weighted by Gasteiger charge is 2.51. The number of hydrogen-bond acceptors (Lipinski definition) is 2. The monoisotopic (exact) mass is 245 g/mol. The molecule has 3 nitrogen and oxygen atoms in total. The molecule has 0 aromatic heterocycles. The average Bonchev–Trinajstić information content (AvgIpc) is 2.69. The van der Waals surface area contributed by atoms with E-state index in [4.69, 9.17) is 4.74 Å². The Bertz CT molecular complexity index is 325. The Morgan fingerprint density at radius 3 is 2.65 bits per heavy atom. The van der Waals surface area contributed by atoms with E-state index in [0.717, 1.165) is 6.42 Å². The molecule has 0 spiro atoms. The van der Waals surface area contributed by atoms with Crippen molar-refractivity contribution >= 4 is 5.91 Å². The van der Waals surface area contributed by atoms with Gasteiger partial charge in [-0.25, -0.2) is 8.78 Å². The van der Waals surface area contributed by atoms with Gasteiger partial charge in [-0.2, -0.15) is 0 Å². The Kier molecular flexibility index (Phi) is 2.44. The summed E-state index contributed by atoms with van der Waals surface area (Å²) in [6.45, 7) is 3.32. The molecule has 0 unspecified atom stereocenters. The first-order chi connectivity index (χ1) is 7.94. The molecule has 2 heterocycles. The zero-order valence-corrected chi connectivity index (χ0v) is 9.86. The van der Waals surface area contributed by atoms with E-state index in [0.29, 0.717) is 19.0 Å². The Hall–Kier alpha value is -0.710. The van der Waals surface area contributed by atoms with Crippen molar-refractivity contribution in [2.75, 3.05) is 13.1 Å². The van der Waals surface area contributed by atoms with Gasteiger partial charge in [-0.15, -0.1) is 0 Å². The number of hydrogen-bond donors (Lipinski definition) is 0. The van der Waals surface area contributed by atoms with E-state index in [2.05, 4.69) is 0 Å². The highest BCUT2D eigenvalue weighted by Crippen LogP contribution is 2.44. The predicted molar refractivity (Wildman–Crippen MR) is 56.7 cm³/mol. The fourth-order valence-electron chi connectivity index (χ4n) is 3.28. The van der Waals surface area contributed by atoms with Crippen molar-refractivity contribution in [3.05, 3.63) is 0 Å². The summed E-state index contributed by atoms with van der Waals surface area (Å²) in [5.74, 6) is -2.75.